The Kier molecular flexibility index (Phi) is 1.53. The molecule has 1 fully saturated rings. The number of rotatable bonds is 2. The molecule has 0 aromatic carbocycles. The number of hydrogen-bond acceptors (Lipinski definition) is 0. The Labute approximate surface area is 50.5 Å². The molecule has 1 aliphatic carbocycles. The first-order chi connectivity index (χ1) is 3.88. The maximum Gasteiger partial charge on any atom is 0.217 e. The largest absolute Gasteiger partial charge is 0.317 e. The van der Waals surface area contributed by atoms with Crippen molar-refractivity contribution in [3.8, 4) is 0 Å². The molecule has 1 rings (SSSR count). The van der Waals surface area contributed by atoms with Crippen molar-refractivity contribution in [2.24, 2.45) is 11.8 Å². The summed E-state index contributed by atoms with van der Waals surface area (Å²) >= 11 is 0. The summed E-state index contributed by atoms with van der Waals surface area (Å²) in [4.78, 5) is 3.35. The topological polar surface area (TPSA) is 4.36 Å². The zero-order valence-electron chi connectivity index (χ0n) is 5.22. The van der Waals surface area contributed by atoms with Crippen LogP contribution in [0.3, 0.4) is 0 Å². The van der Waals surface area contributed by atoms with Gasteiger partial charge in [0.2, 0.25) is 6.54 Å². The van der Waals surface area contributed by atoms with Gasteiger partial charge in [-0.2, -0.15) is 0 Å². The van der Waals surface area contributed by atoms with E-state index in [0.29, 0.717) is 0 Å². The molecule has 0 amide bonds. The molecule has 0 aromatic heterocycles. The fraction of sp³-hybridized carbons (Fsp3) is 0.857. The monoisotopic (exact) mass is 109 g/mol. The Morgan fingerprint density at radius 2 is 2.38 bits per heavy atom. The molecule has 0 spiro atoms. The molecular weight excluding hydrogens is 98.1 g/mol. The first-order valence-corrected chi connectivity index (χ1v) is 3.21. The molecule has 1 heteroatoms. The van der Waals surface area contributed by atoms with E-state index in [9.17, 15) is 0 Å². The van der Waals surface area contributed by atoms with Gasteiger partial charge in [0.05, 0.1) is 0 Å². The molecule has 0 aliphatic heterocycles. The van der Waals surface area contributed by atoms with Crippen LogP contribution in [0.1, 0.15) is 19.8 Å². The van der Waals surface area contributed by atoms with E-state index < -0.39 is 0 Å². The lowest BCUT2D eigenvalue weighted by atomic mass is 10.2. The van der Waals surface area contributed by atoms with Crippen molar-refractivity contribution >= 4 is 0 Å². The minimum absolute atomic E-state index is 0.775. The molecule has 0 radical (unpaired) electrons. The van der Waals surface area contributed by atoms with E-state index in [1.165, 1.54) is 12.8 Å². The van der Waals surface area contributed by atoms with E-state index in [-0.39, 0.29) is 0 Å². The van der Waals surface area contributed by atoms with Gasteiger partial charge in [-0.25, -0.2) is 6.57 Å². The van der Waals surface area contributed by atoms with Crippen LogP contribution in [-0.4, -0.2) is 6.54 Å². The van der Waals surface area contributed by atoms with Crippen molar-refractivity contribution in [2.75, 3.05) is 6.54 Å². The smallest absolute Gasteiger partial charge is 0.217 e. The third kappa shape index (κ3) is 1.01. The zero-order valence-corrected chi connectivity index (χ0v) is 5.22. The minimum Gasteiger partial charge on any atom is -0.317 e. The lowest BCUT2D eigenvalue weighted by Crippen LogP contribution is -1.81. The maximum absolute atomic E-state index is 6.56. The highest BCUT2D eigenvalue weighted by Gasteiger charge is 2.37. The summed E-state index contributed by atoms with van der Waals surface area (Å²) in [5, 5.41) is 0. The van der Waals surface area contributed by atoms with Gasteiger partial charge in [0.15, 0.2) is 0 Å². The van der Waals surface area contributed by atoms with Gasteiger partial charge in [-0.15, -0.1) is 0 Å². The molecule has 0 unspecified atom stereocenters. The molecule has 0 aromatic rings. The van der Waals surface area contributed by atoms with Crippen LogP contribution >= 0.6 is 0 Å². The molecule has 8 heavy (non-hydrogen) atoms. The summed E-state index contributed by atoms with van der Waals surface area (Å²) in [5.41, 5.74) is 0. The predicted octanol–water partition coefficient (Wildman–Crippen LogP) is 1.95. The van der Waals surface area contributed by atoms with E-state index in [0.717, 1.165) is 18.4 Å². The number of hydrogen-bond donors (Lipinski definition) is 0. The molecule has 1 saturated carbocycles. The maximum atomic E-state index is 6.56. The van der Waals surface area contributed by atoms with Crippen molar-refractivity contribution in [3.63, 3.8) is 0 Å². The molecule has 0 heterocycles. The van der Waals surface area contributed by atoms with Crippen molar-refractivity contribution in [1.29, 1.82) is 0 Å². The average molecular weight is 109 g/mol. The quantitative estimate of drug-likeness (QED) is 0.477. The van der Waals surface area contributed by atoms with Crippen molar-refractivity contribution in [3.05, 3.63) is 11.4 Å². The Morgan fingerprint density at radius 3 is 2.75 bits per heavy atom. The second-order valence-corrected chi connectivity index (χ2v) is 2.50. The van der Waals surface area contributed by atoms with Gasteiger partial charge in [0.25, 0.3) is 0 Å². The highest BCUT2D eigenvalue weighted by atomic mass is 14.7. The van der Waals surface area contributed by atoms with Crippen LogP contribution in [0.5, 0.6) is 0 Å². The normalized spacial score (nSPS) is 34.0. The molecule has 1 nitrogen and oxygen atoms in total. The standard InChI is InChI=1S/C7H11N/c1-3-6-4-7(6)5-8-2/h6-7H,3-5H2,1H3/t6-,7-/m1/s1. The summed E-state index contributed by atoms with van der Waals surface area (Å²) in [7, 11) is 0. The Bertz CT molecular complexity index is 112. The Morgan fingerprint density at radius 1 is 1.62 bits per heavy atom. The second kappa shape index (κ2) is 2.17. The average Bonchev–Trinajstić information content (AvgIpc) is 2.48. The van der Waals surface area contributed by atoms with Crippen LogP contribution in [-0.2, 0) is 0 Å². The van der Waals surface area contributed by atoms with E-state index in [2.05, 4.69) is 11.8 Å². The first-order valence-electron chi connectivity index (χ1n) is 3.21. The van der Waals surface area contributed by atoms with Gasteiger partial charge >= 0.3 is 0 Å². The van der Waals surface area contributed by atoms with Gasteiger partial charge in [0, 0.05) is 5.92 Å². The van der Waals surface area contributed by atoms with E-state index >= 15 is 0 Å². The van der Waals surface area contributed by atoms with E-state index in [1.807, 2.05) is 0 Å². The van der Waals surface area contributed by atoms with Gasteiger partial charge < -0.3 is 4.85 Å². The summed E-state index contributed by atoms with van der Waals surface area (Å²) in [6, 6.07) is 0. The molecular formula is C7H11N. The van der Waals surface area contributed by atoms with Gasteiger partial charge in [-0.1, -0.05) is 13.3 Å². The second-order valence-electron chi connectivity index (χ2n) is 2.50. The fourth-order valence-electron chi connectivity index (χ4n) is 1.15. The third-order valence-electron chi connectivity index (χ3n) is 1.92. The van der Waals surface area contributed by atoms with Gasteiger partial charge in [0.1, 0.15) is 0 Å². The van der Waals surface area contributed by atoms with E-state index in [1.54, 1.807) is 0 Å². The molecule has 44 valence electrons. The third-order valence-corrected chi connectivity index (χ3v) is 1.92. The lowest BCUT2D eigenvalue weighted by molar-refractivity contribution is 0.713. The lowest BCUT2D eigenvalue weighted by Gasteiger charge is -1.82. The highest BCUT2D eigenvalue weighted by Crippen LogP contribution is 2.40. The van der Waals surface area contributed by atoms with Crippen LogP contribution in [0.25, 0.3) is 4.85 Å². The molecule has 0 N–H and O–H groups in total. The van der Waals surface area contributed by atoms with Gasteiger partial charge in [-0.05, 0) is 12.3 Å². The Balaban J connectivity index is 2.10. The van der Waals surface area contributed by atoms with Crippen molar-refractivity contribution < 1.29 is 0 Å². The van der Waals surface area contributed by atoms with Crippen molar-refractivity contribution in [2.45, 2.75) is 19.8 Å². The molecule has 1 aliphatic rings. The SMILES string of the molecule is [C-]#[N+]C[C@H]1C[C@H]1CC. The fourth-order valence-corrected chi connectivity index (χ4v) is 1.15. The van der Waals surface area contributed by atoms with Crippen molar-refractivity contribution in [1.82, 2.24) is 0 Å². The first kappa shape index (κ1) is 5.62. The highest BCUT2D eigenvalue weighted by molar-refractivity contribution is 4.89. The van der Waals surface area contributed by atoms with Crippen LogP contribution in [0.4, 0.5) is 0 Å². The minimum atomic E-state index is 0.775. The predicted molar refractivity (Wildman–Crippen MR) is 33.4 cm³/mol. The molecule has 2 atom stereocenters. The summed E-state index contributed by atoms with van der Waals surface area (Å²) < 4.78 is 0. The summed E-state index contributed by atoms with van der Waals surface area (Å²) in [6.45, 7) is 9.54. The van der Waals surface area contributed by atoms with Crippen LogP contribution in [0, 0.1) is 18.4 Å². The van der Waals surface area contributed by atoms with E-state index in [4.69, 9.17) is 6.57 Å². The van der Waals surface area contributed by atoms with Crippen LogP contribution < -0.4 is 0 Å². The van der Waals surface area contributed by atoms with Crippen LogP contribution in [0.15, 0.2) is 0 Å². The zero-order chi connectivity index (χ0) is 5.98. The Hall–Kier alpha value is -0.510. The summed E-state index contributed by atoms with van der Waals surface area (Å²) in [6.07, 6.45) is 2.60. The van der Waals surface area contributed by atoms with Crippen LogP contribution in [0.2, 0.25) is 0 Å². The summed E-state index contributed by atoms with van der Waals surface area (Å²) in [5.74, 6) is 1.68. The molecule has 0 saturated heterocycles. The van der Waals surface area contributed by atoms with Gasteiger partial charge in [-0.3, -0.25) is 0 Å². The molecule has 0 bridgehead atoms. The number of nitrogens with zero attached hydrogens (tertiary/aromatic N) is 1.